The van der Waals surface area contributed by atoms with Gasteiger partial charge in [0.2, 0.25) is 5.91 Å². The maximum atomic E-state index is 13.0. The highest BCUT2D eigenvalue weighted by Crippen LogP contribution is 2.34. The summed E-state index contributed by atoms with van der Waals surface area (Å²) in [4.78, 5) is 12.1. The summed E-state index contributed by atoms with van der Waals surface area (Å²) in [6.07, 6.45) is 4.00. The fourth-order valence-corrected chi connectivity index (χ4v) is 3.39. The molecule has 5 nitrogen and oxygen atoms in total. The maximum absolute atomic E-state index is 13.0. The number of hydrogen-bond donors (Lipinski definition) is 1. The maximum Gasteiger partial charge on any atom is 0.244 e. The second-order valence-corrected chi connectivity index (χ2v) is 8.13. The predicted octanol–water partition coefficient (Wildman–Crippen LogP) is 5.60. The van der Waals surface area contributed by atoms with Gasteiger partial charge in [-0.25, -0.2) is 9.82 Å². The van der Waals surface area contributed by atoms with Crippen LogP contribution in [0.3, 0.4) is 0 Å². The van der Waals surface area contributed by atoms with Crippen LogP contribution in [0.25, 0.3) is 0 Å². The van der Waals surface area contributed by atoms with Gasteiger partial charge in [-0.05, 0) is 59.5 Å². The van der Waals surface area contributed by atoms with E-state index >= 15 is 0 Å². The highest BCUT2D eigenvalue weighted by Gasteiger charge is 2.13. The number of hydrogen-bond acceptors (Lipinski definition) is 4. The van der Waals surface area contributed by atoms with E-state index in [1.54, 1.807) is 31.4 Å². The molecule has 0 saturated heterocycles. The van der Waals surface area contributed by atoms with E-state index in [0.29, 0.717) is 30.1 Å². The predicted molar refractivity (Wildman–Crippen MR) is 131 cm³/mol. The zero-order valence-electron chi connectivity index (χ0n) is 18.2. The van der Waals surface area contributed by atoms with Gasteiger partial charge in [0.15, 0.2) is 11.5 Å². The molecule has 0 aliphatic heterocycles. The van der Waals surface area contributed by atoms with E-state index < -0.39 is 0 Å². The molecule has 3 aromatic rings. The molecular formula is C26H24BrFN2O3. The van der Waals surface area contributed by atoms with Crippen molar-refractivity contribution < 1.29 is 18.7 Å². The zero-order chi connectivity index (χ0) is 23.6. The van der Waals surface area contributed by atoms with Crippen LogP contribution in [0.1, 0.15) is 22.3 Å². The van der Waals surface area contributed by atoms with Crippen LogP contribution in [0.15, 0.2) is 82.9 Å². The third kappa shape index (κ3) is 7.29. The lowest BCUT2D eigenvalue weighted by Gasteiger charge is -2.16. The first-order valence-corrected chi connectivity index (χ1v) is 11.0. The Kier molecular flexibility index (Phi) is 8.78. The standard InChI is InChI=1S/C26H24BrFN2O3/c1-3-4-21-13-20(16-29-30-25(31)15-18-7-11-23(28)12-8-18)14-24(32-2)26(21)33-17-19-5-9-22(27)10-6-19/h3,5-14,16H,1,4,15,17H2,2H3,(H,30,31)/b29-16+. The Morgan fingerprint density at radius 3 is 2.48 bits per heavy atom. The molecule has 0 aromatic heterocycles. The Labute approximate surface area is 201 Å². The van der Waals surface area contributed by atoms with Gasteiger partial charge in [-0.1, -0.05) is 46.3 Å². The number of nitrogens with one attached hydrogen (secondary N) is 1. The Balaban J connectivity index is 1.70. The monoisotopic (exact) mass is 510 g/mol. The topological polar surface area (TPSA) is 59.9 Å². The lowest BCUT2D eigenvalue weighted by Crippen LogP contribution is -2.19. The van der Waals surface area contributed by atoms with Crippen molar-refractivity contribution in [2.24, 2.45) is 5.10 Å². The first kappa shape index (κ1) is 24.2. The molecule has 170 valence electrons. The van der Waals surface area contributed by atoms with Crippen molar-refractivity contribution >= 4 is 28.1 Å². The van der Waals surface area contributed by atoms with Gasteiger partial charge in [-0.3, -0.25) is 4.79 Å². The van der Waals surface area contributed by atoms with Crippen molar-refractivity contribution in [3.8, 4) is 11.5 Å². The van der Waals surface area contributed by atoms with Gasteiger partial charge in [0.05, 0.1) is 19.7 Å². The lowest BCUT2D eigenvalue weighted by molar-refractivity contribution is -0.120. The molecule has 33 heavy (non-hydrogen) atoms. The summed E-state index contributed by atoms with van der Waals surface area (Å²) in [6.45, 7) is 4.21. The van der Waals surface area contributed by atoms with Gasteiger partial charge >= 0.3 is 0 Å². The molecule has 7 heteroatoms. The second-order valence-electron chi connectivity index (χ2n) is 7.22. The second kappa shape index (κ2) is 12.0. The van der Waals surface area contributed by atoms with E-state index in [1.807, 2.05) is 30.3 Å². The molecule has 0 aliphatic carbocycles. The van der Waals surface area contributed by atoms with Gasteiger partial charge < -0.3 is 9.47 Å². The van der Waals surface area contributed by atoms with Gasteiger partial charge in [0.1, 0.15) is 12.4 Å². The molecule has 1 N–H and O–H groups in total. The van der Waals surface area contributed by atoms with E-state index in [0.717, 1.165) is 21.2 Å². The Bertz CT molecular complexity index is 1130. The van der Waals surface area contributed by atoms with Crippen LogP contribution in [0, 0.1) is 5.82 Å². The zero-order valence-corrected chi connectivity index (χ0v) is 19.8. The van der Waals surface area contributed by atoms with Gasteiger partial charge in [-0.2, -0.15) is 5.10 Å². The number of rotatable bonds is 10. The van der Waals surface area contributed by atoms with Gasteiger partial charge in [0.25, 0.3) is 0 Å². The molecular weight excluding hydrogens is 487 g/mol. The molecule has 3 aromatic carbocycles. The molecule has 1 amide bonds. The average Bonchev–Trinajstić information content (AvgIpc) is 2.81. The first-order chi connectivity index (χ1) is 16.0. The Morgan fingerprint density at radius 2 is 1.82 bits per heavy atom. The average molecular weight is 511 g/mol. The van der Waals surface area contributed by atoms with Crippen molar-refractivity contribution in [2.45, 2.75) is 19.4 Å². The third-order valence-electron chi connectivity index (χ3n) is 4.72. The molecule has 0 heterocycles. The minimum atomic E-state index is -0.342. The van der Waals surface area contributed by atoms with Crippen LogP contribution < -0.4 is 14.9 Å². The molecule has 3 rings (SSSR count). The number of ether oxygens (including phenoxy) is 2. The van der Waals surface area contributed by atoms with Crippen LogP contribution in [0.5, 0.6) is 11.5 Å². The number of carbonyl (C=O) groups excluding carboxylic acids is 1. The highest BCUT2D eigenvalue weighted by molar-refractivity contribution is 9.10. The van der Waals surface area contributed by atoms with Crippen LogP contribution in [-0.2, 0) is 24.2 Å². The lowest BCUT2D eigenvalue weighted by atomic mass is 10.1. The van der Waals surface area contributed by atoms with Crippen molar-refractivity contribution in [1.82, 2.24) is 5.43 Å². The molecule has 0 fully saturated rings. The van der Waals surface area contributed by atoms with E-state index in [1.165, 1.54) is 18.3 Å². The summed E-state index contributed by atoms with van der Waals surface area (Å²) in [7, 11) is 1.57. The van der Waals surface area contributed by atoms with Crippen molar-refractivity contribution in [2.75, 3.05) is 7.11 Å². The van der Waals surface area contributed by atoms with Crippen LogP contribution in [0.4, 0.5) is 4.39 Å². The SMILES string of the molecule is C=CCc1cc(/C=N/NC(=O)Cc2ccc(F)cc2)cc(OC)c1OCc1ccc(Br)cc1. The van der Waals surface area contributed by atoms with Crippen LogP contribution in [-0.4, -0.2) is 19.2 Å². The molecule has 0 unspecified atom stereocenters. The summed E-state index contributed by atoms with van der Waals surface area (Å²) in [5.74, 6) is 0.555. The minimum absolute atomic E-state index is 0.103. The third-order valence-corrected chi connectivity index (χ3v) is 5.24. The quantitative estimate of drug-likeness (QED) is 0.219. The van der Waals surface area contributed by atoms with Crippen molar-refractivity contribution in [3.63, 3.8) is 0 Å². The van der Waals surface area contributed by atoms with E-state index in [9.17, 15) is 9.18 Å². The number of nitrogens with zero attached hydrogens (tertiary/aromatic N) is 1. The van der Waals surface area contributed by atoms with E-state index in [4.69, 9.17) is 9.47 Å². The molecule has 0 bridgehead atoms. The molecule has 0 radical (unpaired) electrons. The fourth-order valence-electron chi connectivity index (χ4n) is 3.12. The normalized spacial score (nSPS) is 10.8. The van der Waals surface area contributed by atoms with Crippen LogP contribution in [0.2, 0.25) is 0 Å². The van der Waals surface area contributed by atoms with Crippen molar-refractivity contribution in [3.05, 3.63) is 106 Å². The number of methoxy groups -OCH3 is 1. The number of carbonyl (C=O) groups is 1. The number of allylic oxidation sites excluding steroid dienone is 1. The Hall–Kier alpha value is -3.45. The molecule has 0 saturated carbocycles. The summed E-state index contributed by atoms with van der Waals surface area (Å²) < 4.78 is 25.6. The van der Waals surface area contributed by atoms with Crippen molar-refractivity contribution in [1.29, 1.82) is 0 Å². The van der Waals surface area contributed by atoms with Crippen LogP contribution >= 0.6 is 15.9 Å². The number of halogens is 2. The number of benzene rings is 3. The highest BCUT2D eigenvalue weighted by atomic mass is 79.9. The summed E-state index contributed by atoms with van der Waals surface area (Å²) in [5.41, 5.74) is 5.84. The summed E-state index contributed by atoms with van der Waals surface area (Å²) in [6, 6.07) is 17.4. The van der Waals surface area contributed by atoms with E-state index in [2.05, 4.69) is 33.0 Å². The Morgan fingerprint density at radius 1 is 1.12 bits per heavy atom. The first-order valence-electron chi connectivity index (χ1n) is 10.2. The van der Waals surface area contributed by atoms with E-state index in [-0.39, 0.29) is 18.1 Å². The van der Waals surface area contributed by atoms with Gasteiger partial charge in [-0.15, -0.1) is 6.58 Å². The summed E-state index contributed by atoms with van der Waals surface area (Å²) >= 11 is 3.43. The van der Waals surface area contributed by atoms with Gasteiger partial charge in [0, 0.05) is 10.0 Å². The largest absolute Gasteiger partial charge is 0.493 e. The number of amides is 1. The summed E-state index contributed by atoms with van der Waals surface area (Å²) in [5, 5.41) is 4.04. The smallest absolute Gasteiger partial charge is 0.244 e. The number of hydrazone groups is 1. The molecule has 0 atom stereocenters. The fraction of sp³-hybridized carbons (Fsp3) is 0.154. The molecule has 0 spiro atoms. The minimum Gasteiger partial charge on any atom is -0.493 e. The molecule has 0 aliphatic rings.